The van der Waals surface area contributed by atoms with E-state index in [0.717, 1.165) is 16.9 Å². The van der Waals surface area contributed by atoms with Gasteiger partial charge in [0.2, 0.25) is 5.88 Å². The molecular formula is C15H15N3O. The minimum Gasteiger partial charge on any atom is -0.481 e. The van der Waals surface area contributed by atoms with Crippen LogP contribution in [0.2, 0.25) is 0 Å². The maximum Gasteiger partial charge on any atom is 0.215 e. The first-order chi connectivity index (χ1) is 9.17. The molecule has 4 heteroatoms. The third-order valence-electron chi connectivity index (χ3n) is 3.31. The monoisotopic (exact) mass is 253 g/mol. The van der Waals surface area contributed by atoms with Crippen LogP contribution in [0.5, 0.6) is 5.88 Å². The zero-order valence-electron chi connectivity index (χ0n) is 11.2. The molecule has 1 N–H and O–H groups in total. The molecule has 0 aliphatic rings. The molecule has 0 radical (unpaired) electrons. The Labute approximate surface area is 111 Å². The Hall–Kier alpha value is -2.36. The highest BCUT2D eigenvalue weighted by Crippen LogP contribution is 2.23. The second kappa shape index (κ2) is 4.39. The normalized spacial score (nSPS) is 10.9. The van der Waals surface area contributed by atoms with Crippen molar-refractivity contribution in [1.29, 1.82) is 0 Å². The summed E-state index contributed by atoms with van der Waals surface area (Å²) in [7, 11) is 1.60. The fourth-order valence-electron chi connectivity index (χ4n) is 2.01. The van der Waals surface area contributed by atoms with Crippen LogP contribution in [-0.4, -0.2) is 22.1 Å². The zero-order valence-corrected chi connectivity index (χ0v) is 11.2. The van der Waals surface area contributed by atoms with Crippen LogP contribution in [0, 0.1) is 13.8 Å². The predicted octanol–water partition coefficient (Wildman–Crippen LogP) is 3.25. The maximum atomic E-state index is 5.11. The van der Waals surface area contributed by atoms with Crippen LogP contribution in [-0.2, 0) is 0 Å². The SMILES string of the molecule is COc1ccc2[nH]c(-c3ccc(C)c(C)c3)nc2n1. The molecule has 3 rings (SSSR count). The Morgan fingerprint density at radius 3 is 2.58 bits per heavy atom. The molecule has 19 heavy (non-hydrogen) atoms. The number of benzene rings is 1. The van der Waals surface area contributed by atoms with Crippen LogP contribution in [0.25, 0.3) is 22.6 Å². The summed E-state index contributed by atoms with van der Waals surface area (Å²) < 4.78 is 5.11. The number of hydrogen-bond donors (Lipinski definition) is 1. The number of H-pyrrole nitrogens is 1. The van der Waals surface area contributed by atoms with Gasteiger partial charge in [-0.25, -0.2) is 4.98 Å². The summed E-state index contributed by atoms with van der Waals surface area (Å²) in [5.74, 6) is 1.41. The zero-order chi connectivity index (χ0) is 13.4. The number of nitrogens with one attached hydrogen (secondary N) is 1. The lowest BCUT2D eigenvalue weighted by Crippen LogP contribution is -1.86. The average Bonchev–Trinajstić information content (AvgIpc) is 2.84. The Morgan fingerprint density at radius 2 is 1.84 bits per heavy atom. The minimum atomic E-state index is 0.575. The van der Waals surface area contributed by atoms with Gasteiger partial charge in [0.25, 0.3) is 0 Å². The van der Waals surface area contributed by atoms with Crippen LogP contribution in [0.3, 0.4) is 0 Å². The van der Waals surface area contributed by atoms with Gasteiger partial charge < -0.3 is 9.72 Å². The summed E-state index contributed by atoms with van der Waals surface area (Å²) in [4.78, 5) is 12.1. The van der Waals surface area contributed by atoms with E-state index in [-0.39, 0.29) is 0 Å². The van der Waals surface area contributed by atoms with E-state index in [9.17, 15) is 0 Å². The molecule has 0 saturated heterocycles. The quantitative estimate of drug-likeness (QED) is 0.762. The molecule has 2 aromatic heterocycles. The molecule has 0 amide bonds. The highest BCUT2D eigenvalue weighted by atomic mass is 16.5. The van der Waals surface area contributed by atoms with Gasteiger partial charge in [-0.05, 0) is 37.1 Å². The molecule has 4 nitrogen and oxygen atoms in total. The van der Waals surface area contributed by atoms with Crippen LogP contribution >= 0.6 is 0 Å². The standard InChI is InChI=1S/C15H15N3O/c1-9-4-5-11(8-10(9)2)14-16-12-6-7-13(19-3)17-15(12)18-14/h4-8H,1-3H3,(H,16,17,18). The lowest BCUT2D eigenvalue weighted by molar-refractivity contribution is 0.399. The number of rotatable bonds is 2. The first kappa shape index (κ1) is 11.7. The third kappa shape index (κ3) is 2.05. The number of ether oxygens (including phenoxy) is 1. The van der Waals surface area contributed by atoms with Crippen LogP contribution < -0.4 is 4.74 Å². The van der Waals surface area contributed by atoms with Gasteiger partial charge in [0.05, 0.1) is 12.6 Å². The van der Waals surface area contributed by atoms with Gasteiger partial charge in [0, 0.05) is 11.6 Å². The fraction of sp³-hybridized carbons (Fsp3) is 0.200. The summed E-state index contributed by atoms with van der Waals surface area (Å²) in [6.07, 6.45) is 0. The number of aryl methyl sites for hydroxylation is 2. The van der Waals surface area contributed by atoms with Gasteiger partial charge >= 0.3 is 0 Å². The molecule has 0 unspecified atom stereocenters. The van der Waals surface area contributed by atoms with Crippen LogP contribution in [0.15, 0.2) is 30.3 Å². The van der Waals surface area contributed by atoms with Gasteiger partial charge in [-0.1, -0.05) is 12.1 Å². The third-order valence-corrected chi connectivity index (χ3v) is 3.31. The summed E-state index contributed by atoms with van der Waals surface area (Å²) in [5, 5.41) is 0. The van der Waals surface area contributed by atoms with Crippen molar-refractivity contribution >= 4 is 11.2 Å². The van der Waals surface area contributed by atoms with Crippen LogP contribution in [0.1, 0.15) is 11.1 Å². The Bertz CT molecular complexity index is 746. The van der Waals surface area contributed by atoms with E-state index < -0.39 is 0 Å². The highest BCUT2D eigenvalue weighted by Gasteiger charge is 2.08. The molecule has 0 spiro atoms. The summed E-state index contributed by atoms with van der Waals surface area (Å²) in [6, 6.07) is 10.1. The van der Waals surface area contributed by atoms with Crippen molar-refractivity contribution in [2.75, 3.05) is 7.11 Å². The van der Waals surface area contributed by atoms with Gasteiger partial charge in [-0.3, -0.25) is 0 Å². The largest absolute Gasteiger partial charge is 0.481 e. The molecular weight excluding hydrogens is 238 g/mol. The molecule has 0 bridgehead atoms. The maximum absolute atomic E-state index is 5.11. The van der Waals surface area contributed by atoms with Gasteiger partial charge in [0.15, 0.2) is 5.65 Å². The molecule has 0 atom stereocenters. The van der Waals surface area contributed by atoms with E-state index in [0.29, 0.717) is 11.5 Å². The molecule has 1 aromatic carbocycles. The highest BCUT2D eigenvalue weighted by molar-refractivity contribution is 5.76. The first-order valence-electron chi connectivity index (χ1n) is 6.16. The molecule has 3 aromatic rings. The van der Waals surface area contributed by atoms with E-state index in [4.69, 9.17) is 4.74 Å². The summed E-state index contributed by atoms with van der Waals surface area (Å²) in [5.41, 5.74) is 5.19. The van der Waals surface area contributed by atoms with Gasteiger partial charge in [0.1, 0.15) is 5.82 Å². The van der Waals surface area contributed by atoms with E-state index in [2.05, 4.69) is 47.0 Å². The molecule has 96 valence electrons. The van der Waals surface area contributed by atoms with Crippen molar-refractivity contribution in [2.45, 2.75) is 13.8 Å². The van der Waals surface area contributed by atoms with Crippen LogP contribution in [0.4, 0.5) is 0 Å². The topological polar surface area (TPSA) is 50.8 Å². The molecule has 2 heterocycles. The smallest absolute Gasteiger partial charge is 0.215 e. The number of aromatic nitrogens is 3. The second-order valence-electron chi connectivity index (χ2n) is 4.61. The number of imidazole rings is 1. The van der Waals surface area contributed by atoms with Gasteiger partial charge in [-0.15, -0.1) is 0 Å². The molecule has 0 aliphatic heterocycles. The van der Waals surface area contributed by atoms with Crippen molar-refractivity contribution in [3.8, 4) is 17.3 Å². The van der Waals surface area contributed by atoms with Crippen molar-refractivity contribution in [1.82, 2.24) is 15.0 Å². The molecule has 0 saturated carbocycles. The first-order valence-corrected chi connectivity index (χ1v) is 6.16. The van der Waals surface area contributed by atoms with Gasteiger partial charge in [-0.2, -0.15) is 4.98 Å². The number of nitrogens with zero attached hydrogens (tertiary/aromatic N) is 2. The van der Waals surface area contributed by atoms with Crippen molar-refractivity contribution in [3.05, 3.63) is 41.5 Å². The lowest BCUT2D eigenvalue weighted by atomic mass is 10.1. The van der Waals surface area contributed by atoms with Crippen molar-refractivity contribution < 1.29 is 4.74 Å². The van der Waals surface area contributed by atoms with E-state index in [1.54, 1.807) is 7.11 Å². The number of pyridine rings is 1. The molecule has 0 aliphatic carbocycles. The number of aromatic amines is 1. The van der Waals surface area contributed by atoms with E-state index in [1.165, 1.54) is 11.1 Å². The Balaban J connectivity index is 2.11. The number of hydrogen-bond acceptors (Lipinski definition) is 3. The second-order valence-corrected chi connectivity index (χ2v) is 4.61. The summed E-state index contributed by atoms with van der Waals surface area (Å²) >= 11 is 0. The molecule has 0 fully saturated rings. The number of fused-ring (bicyclic) bond motifs is 1. The predicted molar refractivity (Wildman–Crippen MR) is 75.4 cm³/mol. The summed E-state index contributed by atoms with van der Waals surface area (Å²) in [6.45, 7) is 4.20. The fourth-order valence-corrected chi connectivity index (χ4v) is 2.01. The lowest BCUT2D eigenvalue weighted by Gasteiger charge is -2.01. The average molecular weight is 253 g/mol. The van der Waals surface area contributed by atoms with Crippen molar-refractivity contribution in [2.24, 2.45) is 0 Å². The Morgan fingerprint density at radius 1 is 1.00 bits per heavy atom. The van der Waals surface area contributed by atoms with Crippen molar-refractivity contribution in [3.63, 3.8) is 0 Å². The van der Waals surface area contributed by atoms with E-state index in [1.807, 2.05) is 12.1 Å². The minimum absolute atomic E-state index is 0.575. The number of methoxy groups -OCH3 is 1. The van der Waals surface area contributed by atoms with E-state index >= 15 is 0 Å². The Kier molecular flexibility index (Phi) is 2.71.